The number of hydrogen-bond donors (Lipinski definition) is 1. The van der Waals surface area contributed by atoms with Crippen molar-refractivity contribution in [1.29, 1.82) is 5.26 Å². The molecule has 320 valence electrons. The Hall–Kier alpha value is -6.28. The number of nitrogens with one attached hydrogen (secondary N) is 1. The molecule has 8 heterocycles. The summed E-state index contributed by atoms with van der Waals surface area (Å²) in [5, 5.41) is 13.0. The van der Waals surface area contributed by atoms with E-state index in [2.05, 4.69) is 26.3 Å². The van der Waals surface area contributed by atoms with Crippen molar-refractivity contribution in [2.24, 2.45) is 0 Å². The molecular formula is C45H42F4N8O5. The van der Waals surface area contributed by atoms with Crippen molar-refractivity contribution in [1.82, 2.24) is 30.1 Å². The molecule has 2 amide bonds. The van der Waals surface area contributed by atoms with E-state index in [1.54, 1.807) is 36.1 Å². The number of pyridine rings is 1. The van der Waals surface area contributed by atoms with Gasteiger partial charge in [0.1, 0.15) is 47.5 Å². The van der Waals surface area contributed by atoms with Gasteiger partial charge in [0.15, 0.2) is 5.82 Å². The Morgan fingerprint density at radius 1 is 1.05 bits per heavy atom. The van der Waals surface area contributed by atoms with Crippen molar-refractivity contribution >= 4 is 39.7 Å². The second-order valence-corrected chi connectivity index (χ2v) is 17.4. The molecule has 6 aliphatic rings. The number of hydrogen-bond acceptors (Lipinski definition) is 11. The number of nitriles is 1. The highest BCUT2D eigenvalue weighted by molar-refractivity contribution is 6.02. The number of alkyl halides is 2. The zero-order valence-corrected chi connectivity index (χ0v) is 33.9. The Labute approximate surface area is 353 Å². The second kappa shape index (κ2) is 15.3. The average molecular weight is 851 g/mol. The molecule has 3 fully saturated rings. The quantitative estimate of drug-likeness (QED) is 0.180. The van der Waals surface area contributed by atoms with Crippen molar-refractivity contribution in [2.75, 3.05) is 44.3 Å². The number of aromatic nitrogens is 3. The third-order valence-electron chi connectivity index (χ3n) is 12.9. The van der Waals surface area contributed by atoms with Gasteiger partial charge in [0.2, 0.25) is 0 Å². The Bertz CT molecular complexity index is 2720. The van der Waals surface area contributed by atoms with Gasteiger partial charge in [-0.15, -0.1) is 0 Å². The van der Waals surface area contributed by atoms with E-state index >= 15 is 13.2 Å². The third kappa shape index (κ3) is 7.13. The maximum Gasteiger partial charge on any atom is 0.415 e. The lowest BCUT2D eigenvalue weighted by Gasteiger charge is -2.42. The van der Waals surface area contributed by atoms with Crippen molar-refractivity contribution in [2.45, 2.75) is 82.0 Å². The Morgan fingerprint density at radius 3 is 2.74 bits per heavy atom. The standard InChI is InChI=1S/C45H42F4N8O5/c1-44-15-29(46)21-56(23-44)40-34-18-51-38(37(49)39(34)52-41(53-40)61-24-45-9-3-10-57(45)22-30(47)16-45)33-14-31(62-43(59)55-19-27-6-5-25(17-50)12-28(27)20-55)13-26-7-8-35(48)32(36(26)33)4-2-11-60-42(58)54-44/h5-8,12-14,18,29-30H,2-4,9-11,15-16,19-24H2,1H3,(H,54,58)/t29-,30-,44-,45+/m1/s1. The van der Waals surface area contributed by atoms with Gasteiger partial charge in [0, 0.05) is 50.8 Å². The van der Waals surface area contributed by atoms with Crippen molar-refractivity contribution in [3.05, 3.63) is 82.5 Å². The van der Waals surface area contributed by atoms with E-state index in [0.29, 0.717) is 22.8 Å². The highest BCUT2D eigenvalue weighted by atomic mass is 19.1. The molecule has 3 saturated heterocycles. The minimum atomic E-state index is -1.44. The van der Waals surface area contributed by atoms with Gasteiger partial charge in [-0.2, -0.15) is 15.2 Å². The summed E-state index contributed by atoms with van der Waals surface area (Å²) in [5.41, 5.74) is 0.266. The lowest BCUT2D eigenvalue weighted by atomic mass is 9.90. The Kier molecular flexibility index (Phi) is 9.80. The number of fused-ring (bicyclic) bond motifs is 8. The molecule has 2 aromatic heterocycles. The number of rotatable bonds is 4. The van der Waals surface area contributed by atoms with Crippen LogP contribution in [0, 0.1) is 23.0 Å². The SMILES string of the molecule is C[C@@]12C[C@@H](F)CN(C1)c1nc(OC[C@@]34CCCN3C[C@H](F)C4)nc3c(F)c(ncc13)-c1cc(OC(=O)N3Cc4ccc(C#N)cc4C3)cc3ccc(F)c(c13)CCCOC(=O)N2. The number of carbonyl (C=O) groups is 2. The first-order valence-electron chi connectivity index (χ1n) is 20.8. The minimum absolute atomic E-state index is 0.0350. The number of piperidine rings is 1. The maximum absolute atomic E-state index is 17.6. The van der Waals surface area contributed by atoms with Crippen LogP contribution < -0.4 is 19.7 Å². The summed E-state index contributed by atoms with van der Waals surface area (Å²) in [4.78, 5) is 45.9. The normalized spacial score (nSPS) is 24.7. The molecule has 13 nitrogen and oxygen atoms in total. The van der Waals surface area contributed by atoms with Crippen LogP contribution >= 0.6 is 0 Å². The third-order valence-corrected chi connectivity index (χ3v) is 12.9. The van der Waals surface area contributed by atoms with Gasteiger partial charge in [0.05, 0.1) is 41.2 Å². The summed E-state index contributed by atoms with van der Waals surface area (Å²) in [5.74, 6) is -1.36. The van der Waals surface area contributed by atoms with Crippen LogP contribution in [0.25, 0.3) is 32.9 Å². The first kappa shape index (κ1) is 39.8. The molecule has 1 N–H and O–H groups in total. The van der Waals surface area contributed by atoms with E-state index in [1.165, 1.54) is 29.3 Å². The summed E-state index contributed by atoms with van der Waals surface area (Å²) >= 11 is 0. The summed E-state index contributed by atoms with van der Waals surface area (Å²) in [6.45, 7) is 2.99. The predicted molar refractivity (Wildman–Crippen MR) is 218 cm³/mol. The average Bonchev–Trinajstić information content (AvgIpc) is 3.93. The van der Waals surface area contributed by atoms with E-state index in [9.17, 15) is 19.2 Å². The van der Waals surface area contributed by atoms with E-state index < -0.39 is 47.2 Å². The number of aryl methyl sites for hydroxylation is 1. The highest BCUT2D eigenvalue weighted by Gasteiger charge is 2.49. The fraction of sp³-hybridized carbons (Fsp3) is 0.422. The van der Waals surface area contributed by atoms with Crippen molar-refractivity contribution in [3.8, 4) is 29.1 Å². The molecule has 4 atom stereocenters. The van der Waals surface area contributed by atoms with Gasteiger partial charge in [-0.25, -0.2) is 27.2 Å². The van der Waals surface area contributed by atoms with Gasteiger partial charge in [-0.1, -0.05) is 12.1 Å². The number of amides is 2. The molecule has 3 aromatic carbocycles. The smallest absolute Gasteiger partial charge is 0.415 e. The zero-order valence-electron chi connectivity index (χ0n) is 33.9. The van der Waals surface area contributed by atoms with Crippen LogP contribution in [0.3, 0.4) is 0 Å². The van der Waals surface area contributed by atoms with Crippen LogP contribution in [0.1, 0.15) is 61.3 Å². The van der Waals surface area contributed by atoms with Crippen LogP contribution in [0.15, 0.2) is 48.7 Å². The van der Waals surface area contributed by atoms with Crippen LogP contribution in [-0.4, -0.2) is 99.8 Å². The Balaban J connectivity index is 1.11. The number of anilines is 1. The van der Waals surface area contributed by atoms with E-state index in [1.807, 2.05) is 0 Å². The summed E-state index contributed by atoms with van der Waals surface area (Å²) in [6.07, 6.45) is -0.517. The molecule has 6 bridgehead atoms. The fourth-order valence-electron chi connectivity index (χ4n) is 10.2. The first-order valence-corrected chi connectivity index (χ1v) is 20.8. The minimum Gasteiger partial charge on any atom is -0.461 e. The molecule has 0 aliphatic carbocycles. The van der Waals surface area contributed by atoms with Crippen LogP contribution in [0.4, 0.5) is 33.0 Å². The molecule has 62 heavy (non-hydrogen) atoms. The molecule has 6 aliphatic heterocycles. The molecule has 0 unspecified atom stereocenters. The van der Waals surface area contributed by atoms with Gasteiger partial charge in [-0.3, -0.25) is 14.8 Å². The Morgan fingerprint density at radius 2 is 1.89 bits per heavy atom. The van der Waals surface area contributed by atoms with E-state index in [0.717, 1.165) is 24.1 Å². The van der Waals surface area contributed by atoms with Gasteiger partial charge in [0.25, 0.3) is 0 Å². The lowest BCUT2D eigenvalue weighted by molar-refractivity contribution is 0.107. The number of benzene rings is 3. The number of alkyl carbamates (subject to hydrolysis) is 1. The van der Waals surface area contributed by atoms with Crippen LogP contribution in [0.5, 0.6) is 11.8 Å². The number of halogens is 4. The molecule has 0 saturated carbocycles. The molecule has 0 radical (unpaired) electrons. The second-order valence-electron chi connectivity index (χ2n) is 17.4. The van der Waals surface area contributed by atoms with Crippen molar-refractivity contribution < 1.29 is 41.4 Å². The van der Waals surface area contributed by atoms with Gasteiger partial charge in [-0.05, 0) is 96.9 Å². The molecule has 5 aromatic rings. The summed E-state index contributed by atoms with van der Waals surface area (Å²) in [7, 11) is 0. The van der Waals surface area contributed by atoms with Crippen LogP contribution in [-0.2, 0) is 24.2 Å². The number of nitrogens with zero attached hydrogens (tertiary/aromatic N) is 7. The maximum atomic E-state index is 17.6. The fourth-order valence-corrected chi connectivity index (χ4v) is 10.2. The molecular weight excluding hydrogens is 809 g/mol. The molecule has 17 heteroatoms. The van der Waals surface area contributed by atoms with Gasteiger partial charge >= 0.3 is 18.2 Å². The van der Waals surface area contributed by atoms with E-state index in [4.69, 9.17) is 19.2 Å². The predicted octanol–water partition coefficient (Wildman–Crippen LogP) is 7.44. The summed E-state index contributed by atoms with van der Waals surface area (Å²) < 4.78 is 81.8. The topological polar surface area (TPSA) is 146 Å². The molecule has 0 spiro atoms. The van der Waals surface area contributed by atoms with Gasteiger partial charge < -0.3 is 24.4 Å². The summed E-state index contributed by atoms with van der Waals surface area (Å²) in [6, 6.07) is 12.9. The number of ether oxygens (including phenoxy) is 3. The van der Waals surface area contributed by atoms with Crippen molar-refractivity contribution in [3.63, 3.8) is 0 Å². The zero-order chi connectivity index (χ0) is 42.9. The first-order chi connectivity index (χ1) is 29.9. The van der Waals surface area contributed by atoms with E-state index in [-0.39, 0.29) is 117 Å². The number of carbonyl (C=O) groups excluding carboxylic acids is 2. The lowest BCUT2D eigenvalue weighted by Crippen LogP contribution is -2.60. The van der Waals surface area contributed by atoms with Crippen LogP contribution in [0.2, 0.25) is 0 Å². The largest absolute Gasteiger partial charge is 0.461 e. The monoisotopic (exact) mass is 850 g/mol. The molecule has 11 rings (SSSR count). The highest BCUT2D eigenvalue weighted by Crippen LogP contribution is 2.43.